The van der Waals surface area contributed by atoms with Gasteiger partial charge in [-0.15, -0.1) is 0 Å². The van der Waals surface area contributed by atoms with Gasteiger partial charge in [-0.05, 0) is 63.4 Å². The number of hydrogen-bond donors (Lipinski definition) is 2. The van der Waals surface area contributed by atoms with E-state index in [9.17, 15) is 13.2 Å². The van der Waals surface area contributed by atoms with Crippen LogP contribution in [0.2, 0.25) is 0 Å². The highest BCUT2D eigenvalue weighted by atomic mass is 32.2. The molecular formula is C18H22N2O5S. The first-order valence-electron chi connectivity index (χ1n) is 7.96. The molecule has 0 unspecified atom stereocenters. The molecule has 7 nitrogen and oxygen atoms in total. The average molecular weight is 378 g/mol. The molecule has 0 saturated carbocycles. The zero-order valence-corrected chi connectivity index (χ0v) is 15.9. The van der Waals surface area contributed by atoms with Crippen LogP contribution in [0.1, 0.15) is 24.2 Å². The first-order valence-corrected chi connectivity index (χ1v) is 9.45. The Kier molecular flexibility index (Phi) is 6.23. The maximum absolute atomic E-state index is 12.4. The minimum absolute atomic E-state index is 0.0176. The van der Waals surface area contributed by atoms with E-state index in [-0.39, 0.29) is 16.9 Å². The van der Waals surface area contributed by atoms with Crippen molar-refractivity contribution in [1.82, 2.24) is 4.72 Å². The highest BCUT2D eigenvalue weighted by molar-refractivity contribution is 7.89. The first kappa shape index (κ1) is 19.7. The van der Waals surface area contributed by atoms with E-state index in [1.165, 1.54) is 38.4 Å². The third kappa shape index (κ3) is 4.74. The molecule has 0 bridgehead atoms. The normalized spacial score (nSPS) is 11.3. The summed E-state index contributed by atoms with van der Waals surface area (Å²) in [5.41, 5.74) is 0.872. The summed E-state index contributed by atoms with van der Waals surface area (Å²) in [5.74, 6) is 0.672. The van der Waals surface area contributed by atoms with Crippen LogP contribution in [0.4, 0.5) is 5.69 Å². The molecule has 0 aromatic heterocycles. The zero-order chi connectivity index (χ0) is 19.3. The van der Waals surface area contributed by atoms with Crippen molar-refractivity contribution < 1.29 is 22.7 Å². The van der Waals surface area contributed by atoms with Gasteiger partial charge in [-0.25, -0.2) is 13.1 Å². The van der Waals surface area contributed by atoms with Gasteiger partial charge in [0.15, 0.2) is 11.5 Å². The summed E-state index contributed by atoms with van der Waals surface area (Å²) in [6, 6.07) is 10.8. The van der Waals surface area contributed by atoms with Crippen molar-refractivity contribution in [2.75, 3.05) is 19.5 Å². The number of rotatable bonds is 7. The number of carbonyl (C=O) groups is 1. The Morgan fingerprint density at radius 3 is 2.23 bits per heavy atom. The molecule has 0 fully saturated rings. The predicted molar refractivity (Wildman–Crippen MR) is 99.4 cm³/mol. The van der Waals surface area contributed by atoms with Crippen LogP contribution < -0.4 is 19.5 Å². The third-order valence-electron chi connectivity index (χ3n) is 3.48. The van der Waals surface area contributed by atoms with Crippen LogP contribution in [0.25, 0.3) is 0 Å². The lowest BCUT2D eigenvalue weighted by molar-refractivity contribution is 0.102. The Morgan fingerprint density at radius 1 is 1.04 bits per heavy atom. The number of benzene rings is 2. The van der Waals surface area contributed by atoms with Gasteiger partial charge in [-0.1, -0.05) is 0 Å². The molecule has 0 saturated heterocycles. The number of methoxy groups -OCH3 is 1. The van der Waals surface area contributed by atoms with E-state index in [0.29, 0.717) is 22.7 Å². The van der Waals surface area contributed by atoms with Crippen LogP contribution in [0.3, 0.4) is 0 Å². The topological polar surface area (TPSA) is 93.7 Å². The van der Waals surface area contributed by atoms with Gasteiger partial charge in [-0.2, -0.15) is 0 Å². The molecule has 1 amide bonds. The fraction of sp³-hybridized carbons (Fsp3) is 0.278. The van der Waals surface area contributed by atoms with Gasteiger partial charge in [0.1, 0.15) is 0 Å². The first-order chi connectivity index (χ1) is 12.3. The maximum atomic E-state index is 12.4. The van der Waals surface area contributed by atoms with Crippen molar-refractivity contribution in [3.05, 3.63) is 48.0 Å². The number of hydrogen-bond acceptors (Lipinski definition) is 5. The van der Waals surface area contributed by atoms with E-state index in [0.717, 1.165) is 0 Å². The van der Waals surface area contributed by atoms with Crippen LogP contribution in [-0.2, 0) is 10.0 Å². The van der Waals surface area contributed by atoms with E-state index in [2.05, 4.69) is 10.0 Å². The van der Waals surface area contributed by atoms with Crippen molar-refractivity contribution in [3.63, 3.8) is 0 Å². The number of carbonyl (C=O) groups excluding carboxylic acids is 1. The predicted octanol–water partition coefficient (Wildman–Crippen LogP) is 2.64. The molecule has 0 aliphatic carbocycles. The molecule has 0 radical (unpaired) electrons. The van der Waals surface area contributed by atoms with Crippen LogP contribution in [0, 0.1) is 0 Å². The number of anilines is 1. The van der Waals surface area contributed by atoms with Crippen LogP contribution in [0.15, 0.2) is 47.4 Å². The van der Waals surface area contributed by atoms with Crippen molar-refractivity contribution in [3.8, 4) is 11.5 Å². The monoisotopic (exact) mass is 378 g/mol. The standard InChI is InChI=1S/C18H22N2O5S/c1-12(2)25-16-10-5-13(11-17(16)24-4)18(21)20-14-6-8-15(9-7-14)26(22,23)19-3/h5-12,19H,1-4H3,(H,20,21). The molecule has 0 aliphatic rings. The van der Waals surface area contributed by atoms with Crippen molar-refractivity contribution in [2.24, 2.45) is 0 Å². The van der Waals surface area contributed by atoms with Crippen LogP contribution in [-0.4, -0.2) is 34.6 Å². The number of ether oxygens (including phenoxy) is 2. The SMILES string of the molecule is CNS(=O)(=O)c1ccc(NC(=O)c2ccc(OC(C)C)c(OC)c2)cc1. The molecule has 8 heteroatoms. The van der Waals surface area contributed by atoms with Gasteiger partial charge in [0, 0.05) is 11.3 Å². The summed E-state index contributed by atoms with van der Waals surface area (Å²) in [4.78, 5) is 12.5. The van der Waals surface area contributed by atoms with Crippen LogP contribution >= 0.6 is 0 Å². The van der Waals surface area contributed by atoms with Gasteiger partial charge in [-0.3, -0.25) is 4.79 Å². The van der Waals surface area contributed by atoms with Gasteiger partial charge >= 0.3 is 0 Å². The van der Waals surface area contributed by atoms with Gasteiger partial charge in [0.2, 0.25) is 10.0 Å². The largest absolute Gasteiger partial charge is 0.493 e. The van der Waals surface area contributed by atoms with Gasteiger partial charge in [0.05, 0.1) is 18.1 Å². The molecule has 0 atom stereocenters. The second kappa shape index (κ2) is 8.20. The number of nitrogens with one attached hydrogen (secondary N) is 2. The highest BCUT2D eigenvalue weighted by Gasteiger charge is 2.14. The summed E-state index contributed by atoms with van der Waals surface area (Å²) < 4.78 is 36.6. The fourth-order valence-corrected chi connectivity index (χ4v) is 2.93. The summed E-state index contributed by atoms with van der Waals surface area (Å²) in [7, 11) is -0.669. The number of sulfonamides is 1. The van der Waals surface area contributed by atoms with E-state index >= 15 is 0 Å². The van der Waals surface area contributed by atoms with E-state index in [4.69, 9.17) is 9.47 Å². The highest BCUT2D eigenvalue weighted by Crippen LogP contribution is 2.29. The summed E-state index contributed by atoms with van der Waals surface area (Å²) >= 11 is 0. The van der Waals surface area contributed by atoms with Crippen molar-refractivity contribution >= 4 is 21.6 Å². The molecule has 140 valence electrons. The third-order valence-corrected chi connectivity index (χ3v) is 4.91. The quantitative estimate of drug-likeness (QED) is 0.772. The molecule has 2 N–H and O–H groups in total. The van der Waals surface area contributed by atoms with E-state index < -0.39 is 10.0 Å². The Morgan fingerprint density at radius 2 is 1.69 bits per heavy atom. The molecular weight excluding hydrogens is 356 g/mol. The van der Waals surface area contributed by atoms with Gasteiger partial charge < -0.3 is 14.8 Å². The van der Waals surface area contributed by atoms with Crippen LogP contribution in [0.5, 0.6) is 11.5 Å². The Labute approximate surface area is 153 Å². The smallest absolute Gasteiger partial charge is 0.255 e. The molecule has 0 spiro atoms. The van der Waals surface area contributed by atoms with Crippen molar-refractivity contribution in [1.29, 1.82) is 0 Å². The minimum Gasteiger partial charge on any atom is -0.493 e. The maximum Gasteiger partial charge on any atom is 0.255 e. The lowest BCUT2D eigenvalue weighted by atomic mass is 10.1. The fourth-order valence-electron chi connectivity index (χ4n) is 2.20. The molecule has 2 aromatic rings. The molecule has 0 heterocycles. The second-order valence-electron chi connectivity index (χ2n) is 5.72. The second-order valence-corrected chi connectivity index (χ2v) is 7.60. The molecule has 2 aromatic carbocycles. The molecule has 0 aliphatic heterocycles. The zero-order valence-electron chi connectivity index (χ0n) is 15.1. The lowest BCUT2D eigenvalue weighted by Gasteiger charge is -2.14. The summed E-state index contributed by atoms with van der Waals surface area (Å²) in [5, 5.41) is 2.72. The molecule has 26 heavy (non-hydrogen) atoms. The lowest BCUT2D eigenvalue weighted by Crippen LogP contribution is -2.18. The molecule has 2 rings (SSSR count). The van der Waals surface area contributed by atoms with Crippen molar-refractivity contribution in [2.45, 2.75) is 24.8 Å². The van der Waals surface area contributed by atoms with E-state index in [1.54, 1.807) is 18.2 Å². The number of amides is 1. The minimum atomic E-state index is -3.51. The summed E-state index contributed by atoms with van der Waals surface area (Å²) in [6.07, 6.45) is -0.0176. The van der Waals surface area contributed by atoms with E-state index in [1.807, 2.05) is 13.8 Å². The Bertz CT molecular complexity index is 877. The Balaban J connectivity index is 2.17. The Hall–Kier alpha value is -2.58. The van der Waals surface area contributed by atoms with Gasteiger partial charge in [0.25, 0.3) is 5.91 Å². The average Bonchev–Trinajstić information content (AvgIpc) is 2.62. The summed E-state index contributed by atoms with van der Waals surface area (Å²) in [6.45, 7) is 3.80.